The molecule has 10 rings (SSSR count). The molecule has 70 heavy (non-hydrogen) atoms. The maximum atomic E-state index is 4.86. The lowest BCUT2D eigenvalue weighted by molar-refractivity contribution is -0.660. The lowest BCUT2D eigenvalue weighted by atomic mass is 10.0. The molecule has 0 aliphatic heterocycles. The van der Waals surface area contributed by atoms with E-state index in [0.29, 0.717) is 11.8 Å². The summed E-state index contributed by atoms with van der Waals surface area (Å²) in [7, 11) is 6.28. The molecule has 0 unspecified atom stereocenters. The highest BCUT2D eigenvalue weighted by Crippen LogP contribution is 2.33. The van der Waals surface area contributed by atoms with Crippen LogP contribution in [-0.2, 0) is 27.6 Å². The zero-order valence-electron chi connectivity index (χ0n) is 42.4. The Kier molecular flexibility index (Phi) is 15.8. The van der Waals surface area contributed by atoms with Crippen LogP contribution in [0.3, 0.4) is 0 Å². The minimum Gasteiger partial charge on any atom is -0.261 e. The first-order chi connectivity index (χ1) is 33.9. The fraction of sp³-hybridized carbons (Fsp3) is 0.258. The highest BCUT2D eigenvalue weighted by atomic mass is 14.9. The van der Waals surface area contributed by atoms with Crippen LogP contribution >= 0.6 is 0 Å². The third-order valence-corrected chi connectivity index (χ3v) is 13.2. The van der Waals surface area contributed by atoms with Crippen molar-refractivity contribution in [2.45, 2.75) is 79.6 Å². The van der Waals surface area contributed by atoms with Crippen molar-refractivity contribution in [2.24, 2.45) is 27.1 Å². The third-order valence-electron chi connectivity index (χ3n) is 13.2. The van der Waals surface area contributed by atoms with Gasteiger partial charge < -0.3 is 0 Å². The Balaban J connectivity index is 0.000000142. The molecular formula is C62H67N8+3. The largest absolute Gasteiger partial charge is 0.261 e. The van der Waals surface area contributed by atoms with Crippen LogP contribution in [0.5, 0.6) is 0 Å². The van der Waals surface area contributed by atoms with Crippen LogP contribution in [0.1, 0.15) is 79.5 Å². The molecule has 1 aliphatic rings. The molecule has 9 aromatic rings. The molecule has 0 amide bonds. The third kappa shape index (κ3) is 12.0. The molecule has 0 bridgehead atoms. The van der Waals surface area contributed by atoms with Crippen LogP contribution in [0.15, 0.2) is 171 Å². The molecular weight excluding hydrogens is 857 g/mol. The summed E-state index contributed by atoms with van der Waals surface area (Å²) >= 11 is 0. The van der Waals surface area contributed by atoms with E-state index in [1.807, 2.05) is 43.7 Å². The first-order valence-corrected chi connectivity index (χ1v) is 24.7. The number of rotatable bonds is 9. The molecule has 0 spiro atoms. The molecule has 8 nitrogen and oxygen atoms in total. The van der Waals surface area contributed by atoms with Gasteiger partial charge in [-0.15, -0.1) is 0 Å². The van der Waals surface area contributed by atoms with Crippen LogP contribution in [-0.4, -0.2) is 24.9 Å². The number of benzene rings is 3. The van der Waals surface area contributed by atoms with Gasteiger partial charge in [0.15, 0.2) is 18.6 Å². The Labute approximate surface area is 415 Å². The Bertz CT molecular complexity index is 3210. The van der Waals surface area contributed by atoms with Gasteiger partial charge in [0, 0.05) is 82.6 Å². The zero-order chi connectivity index (χ0) is 49.1. The number of aromatic nitrogens is 8. The SMILES string of the molecule is Cc1ccc(-c2ccc(-c3ccccc3C)[n+](C)c2)cn1.Cc1ccccc1-c1ccc(-c2ccnc(C3CCCC3)n2)c[n+]1C.Cc1ccccc1-c1ccc(-c2ccnc(CC(C)C)n2)c[n+]1C. The van der Waals surface area contributed by atoms with E-state index >= 15 is 0 Å². The van der Waals surface area contributed by atoms with Gasteiger partial charge in [0.05, 0.1) is 22.5 Å². The number of aryl methyl sites for hydroxylation is 7. The summed E-state index contributed by atoms with van der Waals surface area (Å²) in [6.45, 7) is 12.8. The van der Waals surface area contributed by atoms with Crippen LogP contribution in [0.4, 0.5) is 0 Å². The van der Waals surface area contributed by atoms with Crippen LogP contribution in [0.25, 0.3) is 67.4 Å². The van der Waals surface area contributed by atoms with Gasteiger partial charge in [-0.25, -0.2) is 33.6 Å². The summed E-state index contributed by atoms with van der Waals surface area (Å²) < 4.78 is 6.54. The van der Waals surface area contributed by atoms with E-state index < -0.39 is 0 Å². The molecule has 8 heteroatoms. The average Bonchev–Trinajstić information content (AvgIpc) is 3.91. The maximum Gasteiger partial charge on any atom is 0.212 e. The van der Waals surface area contributed by atoms with Crippen molar-refractivity contribution in [2.75, 3.05) is 0 Å². The van der Waals surface area contributed by atoms with Crippen molar-refractivity contribution in [3.05, 3.63) is 205 Å². The molecule has 0 saturated heterocycles. The minimum atomic E-state index is 0.542. The van der Waals surface area contributed by atoms with Gasteiger partial charge in [0.1, 0.15) is 32.8 Å². The Morgan fingerprint density at radius 3 is 1.37 bits per heavy atom. The summed E-state index contributed by atoms with van der Waals surface area (Å²) in [4.78, 5) is 22.9. The molecule has 1 fully saturated rings. The van der Waals surface area contributed by atoms with Crippen molar-refractivity contribution in [1.29, 1.82) is 0 Å². The van der Waals surface area contributed by atoms with E-state index in [0.717, 1.165) is 51.8 Å². The van der Waals surface area contributed by atoms with Gasteiger partial charge in [-0.05, 0) is 118 Å². The molecule has 0 radical (unpaired) electrons. The first kappa shape index (κ1) is 48.9. The van der Waals surface area contributed by atoms with E-state index in [2.05, 4.69) is 218 Å². The molecule has 1 saturated carbocycles. The van der Waals surface area contributed by atoms with Crippen LogP contribution < -0.4 is 13.7 Å². The summed E-state index contributed by atoms with van der Waals surface area (Å²) in [6.07, 6.45) is 18.1. The zero-order valence-corrected chi connectivity index (χ0v) is 42.4. The predicted octanol–water partition coefficient (Wildman–Crippen LogP) is 12.6. The summed E-state index contributed by atoms with van der Waals surface area (Å²) in [5.74, 6) is 3.02. The summed E-state index contributed by atoms with van der Waals surface area (Å²) in [6, 6.07) is 46.6. The molecule has 352 valence electrons. The highest BCUT2D eigenvalue weighted by Gasteiger charge is 2.21. The van der Waals surface area contributed by atoms with E-state index in [9.17, 15) is 0 Å². The Morgan fingerprint density at radius 2 is 0.914 bits per heavy atom. The van der Waals surface area contributed by atoms with Crippen molar-refractivity contribution < 1.29 is 13.7 Å². The number of pyridine rings is 4. The van der Waals surface area contributed by atoms with E-state index in [1.165, 1.54) is 81.7 Å². The Morgan fingerprint density at radius 1 is 0.471 bits per heavy atom. The molecule has 6 aromatic heterocycles. The molecule has 0 N–H and O–H groups in total. The molecule has 0 atom stereocenters. The fourth-order valence-electron chi connectivity index (χ4n) is 9.29. The van der Waals surface area contributed by atoms with Crippen molar-refractivity contribution in [3.63, 3.8) is 0 Å². The van der Waals surface area contributed by atoms with Crippen molar-refractivity contribution >= 4 is 0 Å². The van der Waals surface area contributed by atoms with Gasteiger partial charge in [-0.3, -0.25) is 4.98 Å². The quantitative estimate of drug-likeness (QED) is 0.135. The monoisotopic (exact) mass is 924 g/mol. The van der Waals surface area contributed by atoms with E-state index in [-0.39, 0.29) is 0 Å². The topological polar surface area (TPSA) is 76.1 Å². The second-order valence-corrected chi connectivity index (χ2v) is 19.1. The molecule has 3 aromatic carbocycles. The normalized spacial score (nSPS) is 12.3. The van der Waals surface area contributed by atoms with Gasteiger partial charge in [0.25, 0.3) is 0 Å². The fourth-order valence-corrected chi connectivity index (χ4v) is 9.29. The second kappa shape index (κ2) is 22.7. The van der Waals surface area contributed by atoms with Gasteiger partial charge in [-0.2, -0.15) is 0 Å². The molecule has 1 aliphatic carbocycles. The molecule has 6 heterocycles. The Hall–Kier alpha value is -7.58. The predicted molar refractivity (Wildman–Crippen MR) is 283 cm³/mol. The number of hydrogen-bond acceptors (Lipinski definition) is 5. The summed E-state index contributed by atoms with van der Waals surface area (Å²) in [5, 5.41) is 0. The highest BCUT2D eigenvalue weighted by molar-refractivity contribution is 5.67. The van der Waals surface area contributed by atoms with Crippen molar-refractivity contribution in [1.82, 2.24) is 24.9 Å². The summed E-state index contributed by atoms with van der Waals surface area (Å²) in [5.41, 5.74) is 18.9. The lowest BCUT2D eigenvalue weighted by Gasteiger charge is -2.09. The smallest absolute Gasteiger partial charge is 0.212 e. The van der Waals surface area contributed by atoms with Crippen LogP contribution in [0.2, 0.25) is 0 Å². The van der Waals surface area contributed by atoms with Gasteiger partial charge in [-0.1, -0.05) is 87.4 Å². The minimum absolute atomic E-state index is 0.542. The number of hydrogen-bond donors (Lipinski definition) is 0. The second-order valence-electron chi connectivity index (χ2n) is 19.1. The average molecular weight is 924 g/mol. The van der Waals surface area contributed by atoms with E-state index in [1.54, 1.807) is 0 Å². The van der Waals surface area contributed by atoms with Gasteiger partial charge >= 0.3 is 0 Å². The number of nitrogens with zero attached hydrogens (tertiary/aromatic N) is 8. The van der Waals surface area contributed by atoms with Gasteiger partial charge in [0.2, 0.25) is 17.1 Å². The lowest BCUT2D eigenvalue weighted by Crippen LogP contribution is -2.31. The standard InChI is InChI=1S/C22H24N3.C21H24N3.C19H19N2/c1-16-7-3-6-10-19(16)21-12-11-18(15-25(21)2)20-13-14-23-22(24-20)17-8-4-5-9-17;1-15(2)13-21-22-12-11-19(23-21)17-9-10-20(24(4)14-17)18-8-6-5-7-16(18)3;1-14-6-4-5-7-18(14)19-11-10-17(13-21(19)3)16-9-8-15(2)20-12-16/h3,6-7,10-15,17H,4-5,8-9H2,1-2H3;5-12,14-15H,13H2,1-4H3;4-13H,1-3H3/q3*+1. The maximum absolute atomic E-state index is 4.86. The van der Waals surface area contributed by atoms with E-state index in [4.69, 9.17) is 9.97 Å². The van der Waals surface area contributed by atoms with Crippen LogP contribution in [0, 0.1) is 33.6 Å². The first-order valence-electron chi connectivity index (χ1n) is 24.7. The van der Waals surface area contributed by atoms with Crippen molar-refractivity contribution in [3.8, 4) is 67.4 Å².